The van der Waals surface area contributed by atoms with E-state index in [0.717, 1.165) is 17.7 Å². The highest BCUT2D eigenvalue weighted by molar-refractivity contribution is 7.90. The van der Waals surface area contributed by atoms with Crippen molar-refractivity contribution in [2.75, 3.05) is 10.2 Å². The zero-order chi connectivity index (χ0) is 22.0. The predicted octanol–water partition coefficient (Wildman–Crippen LogP) is 5.29. The third-order valence-electron chi connectivity index (χ3n) is 5.10. The van der Waals surface area contributed by atoms with Crippen LogP contribution < -0.4 is 10.2 Å². The molecule has 3 aromatic carbocycles. The van der Waals surface area contributed by atoms with Gasteiger partial charge < -0.3 is 5.32 Å². The molecule has 1 N–H and O–H groups in total. The first-order valence-corrected chi connectivity index (χ1v) is 11.5. The fraction of sp³-hybridized carbons (Fsp3) is 0.167. The molecule has 0 saturated heterocycles. The maximum Gasteiger partial charge on any atom is 0.286 e. The number of sulfonamides is 1. The highest BCUT2D eigenvalue weighted by Gasteiger charge is 2.31. The number of benzene rings is 3. The van der Waals surface area contributed by atoms with E-state index in [2.05, 4.69) is 9.71 Å². The highest BCUT2D eigenvalue weighted by Crippen LogP contribution is 2.39. The second-order valence-electron chi connectivity index (χ2n) is 7.36. The van der Waals surface area contributed by atoms with Gasteiger partial charge in [-0.25, -0.2) is 0 Å². The van der Waals surface area contributed by atoms with Crippen LogP contribution in [-0.4, -0.2) is 20.2 Å². The van der Waals surface area contributed by atoms with Gasteiger partial charge in [-0.3, -0.25) is 9.69 Å². The molecule has 0 aliphatic carbocycles. The minimum atomic E-state index is -3.89. The van der Waals surface area contributed by atoms with Crippen LogP contribution in [-0.2, 0) is 10.0 Å². The Kier molecular flexibility index (Phi) is 5.61. The number of hydrogen-bond acceptors (Lipinski definition) is 4. The smallest absolute Gasteiger partial charge is 0.286 e. The average molecular weight is 434 g/mol. The Balaban J connectivity index is 1.76. The van der Waals surface area contributed by atoms with Gasteiger partial charge >= 0.3 is 0 Å². The van der Waals surface area contributed by atoms with Crippen molar-refractivity contribution < 1.29 is 13.2 Å². The van der Waals surface area contributed by atoms with Crippen LogP contribution in [0.5, 0.6) is 0 Å². The highest BCUT2D eigenvalue weighted by atomic mass is 32.2. The van der Waals surface area contributed by atoms with Gasteiger partial charge in [-0.15, -0.1) is 4.40 Å². The molecule has 1 aliphatic heterocycles. The lowest BCUT2D eigenvalue weighted by Gasteiger charge is -2.31. The molecule has 0 bridgehead atoms. The number of nitrogens with zero attached hydrogens (tertiary/aromatic N) is 2. The summed E-state index contributed by atoms with van der Waals surface area (Å²) in [5, 5.41) is 2.81. The second-order valence-corrected chi connectivity index (χ2v) is 8.93. The molecule has 6 nitrogen and oxygen atoms in total. The molecule has 0 spiro atoms. The van der Waals surface area contributed by atoms with E-state index in [9.17, 15) is 13.2 Å². The lowest BCUT2D eigenvalue weighted by molar-refractivity contribution is 0.102. The number of amidine groups is 1. The van der Waals surface area contributed by atoms with E-state index in [1.807, 2.05) is 61.2 Å². The SMILES string of the molecule is CCCC1=NS(=O)(=O)c2cc(NC(=O)c3ccccc3C)ccc2N1c1ccccc1. The molecule has 0 saturated carbocycles. The fourth-order valence-corrected chi connectivity index (χ4v) is 4.87. The molecule has 3 aromatic rings. The molecule has 1 heterocycles. The van der Waals surface area contributed by atoms with E-state index in [-0.39, 0.29) is 10.8 Å². The van der Waals surface area contributed by atoms with E-state index in [1.165, 1.54) is 6.07 Å². The van der Waals surface area contributed by atoms with Crippen LogP contribution in [0.3, 0.4) is 0 Å². The van der Waals surface area contributed by atoms with Crippen molar-refractivity contribution in [3.8, 4) is 0 Å². The lowest BCUT2D eigenvalue weighted by atomic mass is 10.1. The topological polar surface area (TPSA) is 78.8 Å². The van der Waals surface area contributed by atoms with Crippen molar-refractivity contribution in [1.29, 1.82) is 0 Å². The van der Waals surface area contributed by atoms with Crippen molar-refractivity contribution in [1.82, 2.24) is 0 Å². The number of fused-ring (bicyclic) bond motifs is 1. The molecule has 4 rings (SSSR count). The van der Waals surface area contributed by atoms with Gasteiger partial charge in [-0.05, 0) is 55.3 Å². The van der Waals surface area contributed by atoms with E-state index < -0.39 is 10.0 Å². The first kappa shape index (κ1) is 20.8. The molecule has 31 heavy (non-hydrogen) atoms. The molecule has 158 valence electrons. The lowest BCUT2D eigenvalue weighted by Crippen LogP contribution is -2.31. The Hall–Kier alpha value is -3.45. The number of carbonyl (C=O) groups excluding carboxylic acids is 1. The molecular weight excluding hydrogens is 410 g/mol. The predicted molar refractivity (Wildman–Crippen MR) is 124 cm³/mol. The maximum atomic E-state index is 13.0. The zero-order valence-electron chi connectivity index (χ0n) is 17.4. The van der Waals surface area contributed by atoms with Crippen molar-refractivity contribution in [3.05, 3.63) is 83.9 Å². The zero-order valence-corrected chi connectivity index (χ0v) is 18.2. The number of carbonyl (C=O) groups is 1. The Bertz CT molecular complexity index is 1270. The minimum Gasteiger partial charge on any atom is -0.322 e. The van der Waals surface area contributed by atoms with Gasteiger partial charge in [0.15, 0.2) is 0 Å². The maximum absolute atomic E-state index is 13.0. The Morgan fingerprint density at radius 2 is 1.71 bits per heavy atom. The molecule has 0 unspecified atom stereocenters. The van der Waals surface area contributed by atoms with Gasteiger partial charge in [0.05, 0.1) is 5.69 Å². The largest absolute Gasteiger partial charge is 0.322 e. The van der Waals surface area contributed by atoms with Crippen molar-refractivity contribution in [2.24, 2.45) is 4.40 Å². The number of anilines is 3. The number of aryl methyl sites for hydroxylation is 1. The average Bonchev–Trinajstić information content (AvgIpc) is 2.75. The van der Waals surface area contributed by atoms with Gasteiger partial charge in [0.25, 0.3) is 15.9 Å². The van der Waals surface area contributed by atoms with Gasteiger partial charge in [-0.1, -0.05) is 43.3 Å². The Morgan fingerprint density at radius 1 is 1.00 bits per heavy atom. The van der Waals surface area contributed by atoms with Gasteiger partial charge in [-0.2, -0.15) is 8.42 Å². The molecule has 7 heteroatoms. The summed E-state index contributed by atoms with van der Waals surface area (Å²) in [4.78, 5) is 14.6. The van der Waals surface area contributed by atoms with Crippen LogP contribution in [0.25, 0.3) is 0 Å². The first-order valence-electron chi connectivity index (χ1n) is 10.1. The fourth-order valence-electron chi connectivity index (χ4n) is 3.62. The summed E-state index contributed by atoms with van der Waals surface area (Å²) in [6.45, 7) is 3.84. The van der Waals surface area contributed by atoms with E-state index in [1.54, 1.807) is 24.3 Å². The van der Waals surface area contributed by atoms with Crippen LogP contribution in [0.1, 0.15) is 35.7 Å². The Morgan fingerprint density at radius 3 is 2.42 bits per heavy atom. The number of amides is 1. The number of hydrogen-bond donors (Lipinski definition) is 1. The van der Waals surface area contributed by atoms with Gasteiger partial charge in [0.2, 0.25) is 0 Å². The van der Waals surface area contributed by atoms with Crippen LogP contribution in [0, 0.1) is 6.92 Å². The van der Waals surface area contributed by atoms with Crippen molar-refractivity contribution >= 4 is 38.8 Å². The quantitative estimate of drug-likeness (QED) is 0.593. The molecule has 1 amide bonds. The molecule has 1 aliphatic rings. The molecule has 0 fully saturated rings. The molecule has 0 radical (unpaired) electrons. The summed E-state index contributed by atoms with van der Waals surface area (Å²) in [5.74, 6) is 0.194. The summed E-state index contributed by atoms with van der Waals surface area (Å²) in [7, 11) is -3.89. The van der Waals surface area contributed by atoms with Gasteiger partial charge in [0, 0.05) is 23.4 Å². The summed E-state index contributed by atoms with van der Waals surface area (Å²) >= 11 is 0. The molecule has 0 aromatic heterocycles. The van der Waals surface area contributed by atoms with Crippen LogP contribution in [0.2, 0.25) is 0 Å². The summed E-state index contributed by atoms with van der Waals surface area (Å²) in [5.41, 5.74) is 3.14. The summed E-state index contributed by atoms with van der Waals surface area (Å²) < 4.78 is 30.0. The Labute approximate surface area is 182 Å². The summed E-state index contributed by atoms with van der Waals surface area (Å²) in [6, 6.07) is 21.7. The minimum absolute atomic E-state index is 0.0683. The second kappa shape index (κ2) is 8.35. The normalized spacial score (nSPS) is 14.5. The van der Waals surface area contributed by atoms with Crippen molar-refractivity contribution in [3.63, 3.8) is 0 Å². The molecule has 0 atom stereocenters. The number of para-hydroxylation sites is 1. The van der Waals surface area contributed by atoms with Crippen LogP contribution >= 0.6 is 0 Å². The van der Waals surface area contributed by atoms with Crippen LogP contribution in [0.15, 0.2) is 82.1 Å². The summed E-state index contributed by atoms with van der Waals surface area (Å²) in [6.07, 6.45) is 1.29. The molecular formula is C24H23N3O3S. The van der Waals surface area contributed by atoms with Gasteiger partial charge in [0.1, 0.15) is 10.7 Å². The van der Waals surface area contributed by atoms with E-state index >= 15 is 0 Å². The number of rotatable bonds is 5. The third kappa shape index (κ3) is 4.09. The third-order valence-corrected chi connectivity index (χ3v) is 6.43. The monoisotopic (exact) mass is 433 g/mol. The van der Waals surface area contributed by atoms with Crippen molar-refractivity contribution in [2.45, 2.75) is 31.6 Å². The van der Waals surface area contributed by atoms with Crippen LogP contribution in [0.4, 0.5) is 17.1 Å². The first-order chi connectivity index (χ1) is 14.9. The number of nitrogens with one attached hydrogen (secondary N) is 1. The van der Waals surface area contributed by atoms with E-state index in [4.69, 9.17) is 0 Å². The standard InChI is InChI=1S/C24H23N3O3S/c1-3-9-23-26-31(29,30)22-16-18(25-24(28)20-13-8-7-10-17(20)2)14-15-21(22)27(23)19-11-5-4-6-12-19/h4-8,10-16H,3,9H2,1-2H3,(H,25,28). The van der Waals surface area contributed by atoms with E-state index in [0.29, 0.717) is 29.2 Å².